The molecule has 3 N–H and O–H groups in total. The molecule has 0 aliphatic rings. The lowest BCUT2D eigenvalue weighted by Gasteiger charge is -2.23. The van der Waals surface area contributed by atoms with Crippen LogP contribution in [0.2, 0.25) is 0 Å². The number of ether oxygens (including phenoxy) is 1. The highest BCUT2D eigenvalue weighted by Gasteiger charge is 2.24. The number of fused-ring (bicyclic) bond motifs is 1. The average Bonchev–Trinajstić information content (AvgIpc) is 2.73. The fraction of sp³-hybridized carbons (Fsp3) is 0.304. The Labute approximate surface area is 165 Å². The summed E-state index contributed by atoms with van der Waals surface area (Å²) in [6.07, 6.45) is 1.19. The maximum absolute atomic E-state index is 10.5. The minimum atomic E-state index is -0.945. The zero-order valence-electron chi connectivity index (χ0n) is 16.1. The van der Waals surface area contributed by atoms with Gasteiger partial charge in [0.1, 0.15) is 12.3 Å². The Balaban J connectivity index is 1.74. The van der Waals surface area contributed by atoms with Crippen LogP contribution in [0, 0.1) is 4.91 Å². The largest absolute Gasteiger partial charge is 0.494 e. The fourth-order valence-corrected chi connectivity index (χ4v) is 3.25. The van der Waals surface area contributed by atoms with Gasteiger partial charge in [-0.05, 0) is 65.4 Å². The number of nitroso groups, excluding NO2 is 1. The highest BCUT2D eigenvalue weighted by atomic mass is 16.5. The molecule has 0 aliphatic carbocycles. The first-order valence-corrected chi connectivity index (χ1v) is 9.52. The number of rotatable bonds is 9. The van der Waals surface area contributed by atoms with Crippen LogP contribution in [-0.2, 0) is 6.42 Å². The van der Waals surface area contributed by atoms with Crippen molar-refractivity contribution in [1.29, 1.82) is 0 Å². The van der Waals surface area contributed by atoms with Crippen molar-refractivity contribution in [3.8, 4) is 16.9 Å². The van der Waals surface area contributed by atoms with Crippen molar-refractivity contribution in [2.24, 2.45) is 10.9 Å². The molecule has 28 heavy (non-hydrogen) atoms. The summed E-state index contributed by atoms with van der Waals surface area (Å²) in [5, 5.41) is 14.6. The molecule has 0 radical (unpaired) electrons. The van der Waals surface area contributed by atoms with Gasteiger partial charge in [-0.2, -0.15) is 4.91 Å². The molecule has 146 valence electrons. The van der Waals surface area contributed by atoms with Gasteiger partial charge in [-0.15, -0.1) is 0 Å². The SMILES string of the molecule is CCOc1ccc2cc(-c3ccc(CCC(N)(CO)CN=O)cc3)ccc2c1. The number of nitrogens with two attached hydrogens (primary N) is 1. The quantitative estimate of drug-likeness (QED) is 0.544. The standard InChI is InChI=1S/C23H26N2O3/c1-2-28-22-10-9-20-13-19(7-8-21(20)14-22)18-5-3-17(4-6-18)11-12-23(24,16-26)15-25-27/h3-10,13-14,26H,2,11-12,15-16,24H2,1H3. The summed E-state index contributed by atoms with van der Waals surface area (Å²) in [6, 6.07) is 20.8. The van der Waals surface area contributed by atoms with Crippen LogP contribution in [0.4, 0.5) is 0 Å². The molecule has 3 rings (SSSR count). The van der Waals surface area contributed by atoms with Gasteiger partial charge in [0, 0.05) is 0 Å². The zero-order chi connectivity index (χ0) is 20.0. The van der Waals surface area contributed by atoms with Crippen molar-refractivity contribution >= 4 is 10.8 Å². The van der Waals surface area contributed by atoms with E-state index < -0.39 is 5.54 Å². The third kappa shape index (κ3) is 4.74. The van der Waals surface area contributed by atoms with E-state index in [0.29, 0.717) is 19.4 Å². The number of hydrogen-bond donors (Lipinski definition) is 2. The first kappa shape index (κ1) is 20.0. The summed E-state index contributed by atoms with van der Waals surface area (Å²) < 4.78 is 5.56. The lowest BCUT2D eigenvalue weighted by molar-refractivity contribution is 0.192. The van der Waals surface area contributed by atoms with Crippen LogP contribution < -0.4 is 10.5 Å². The molecule has 0 amide bonds. The van der Waals surface area contributed by atoms with Crippen molar-refractivity contribution in [1.82, 2.24) is 0 Å². The molecular weight excluding hydrogens is 352 g/mol. The van der Waals surface area contributed by atoms with Crippen LogP contribution in [-0.4, -0.2) is 30.4 Å². The molecule has 0 spiro atoms. The minimum absolute atomic E-state index is 0.0797. The van der Waals surface area contributed by atoms with Crippen molar-refractivity contribution in [2.45, 2.75) is 25.3 Å². The van der Waals surface area contributed by atoms with Crippen LogP contribution in [0.5, 0.6) is 5.75 Å². The molecule has 1 unspecified atom stereocenters. The van der Waals surface area contributed by atoms with Gasteiger partial charge in [-0.3, -0.25) is 0 Å². The van der Waals surface area contributed by atoms with Crippen molar-refractivity contribution < 1.29 is 9.84 Å². The number of nitrogens with zero attached hydrogens (tertiary/aromatic N) is 1. The first-order chi connectivity index (χ1) is 13.6. The summed E-state index contributed by atoms with van der Waals surface area (Å²) >= 11 is 0. The molecular formula is C23H26N2O3. The maximum atomic E-state index is 10.5. The van der Waals surface area contributed by atoms with Crippen LogP contribution in [0.25, 0.3) is 21.9 Å². The molecule has 0 saturated carbocycles. The topological polar surface area (TPSA) is 84.9 Å². The van der Waals surface area contributed by atoms with Crippen LogP contribution >= 0.6 is 0 Å². The predicted octanol–water partition coefficient (Wildman–Crippen LogP) is 4.29. The summed E-state index contributed by atoms with van der Waals surface area (Å²) in [7, 11) is 0. The third-order valence-electron chi connectivity index (χ3n) is 5.02. The molecule has 1 atom stereocenters. The first-order valence-electron chi connectivity index (χ1n) is 9.52. The van der Waals surface area contributed by atoms with Crippen LogP contribution in [0.1, 0.15) is 18.9 Å². The third-order valence-corrected chi connectivity index (χ3v) is 5.02. The Kier molecular flexibility index (Phi) is 6.39. The summed E-state index contributed by atoms with van der Waals surface area (Å²) in [5.41, 5.74) is 8.46. The average molecular weight is 378 g/mol. The van der Waals surface area contributed by atoms with Gasteiger partial charge in [0.05, 0.1) is 18.8 Å². The Hall–Kier alpha value is -2.76. The Morgan fingerprint density at radius 1 is 1.00 bits per heavy atom. The molecule has 0 aliphatic heterocycles. The summed E-state index contributed by atoms with van der Waals surface area (Å²) in [5.74, 6) is 0.885. The summed E-state index contributed by atoms with van der Waals surface area (Å²) in [4.78, 5) is 10.5. The van der Waals surface area contributed by atoms with Gasteiger partial charge in [0.2, 0.25) is 0 Å². The second kappa shape index (κ2) is 8.95. The molecule has 0 heterocycles. The van der Waals surface area contributed by atoms with Gasteiger partial charge in [0.25, 0.3) is 0 Å². The second-order valence-electron chi connectivity index (χ2n) is 7.16. The minimum Gasteiger partial charge on any atom is -0.494 e. The molecule has 0 saturated heterocycles. The van der Waals surface area contributed by atoms with E-state index in [9.17, 15) is 10.0 Å². The second-order valence-corrected chi connectivity index (χ2v) is 7.16. The van der Waals surface area contributed by atoms with Crippen molar-refractivity contribution in [3.63, 3.8) is 0 Å². The molecule has 0 bridgehead atoms. The van der Waals surface area contributed by atoms with Gasteiger partial charge in [-0.25, -0.2) is 0 Å². The van der Waals surface area contributed by atoms with E-state index in [-0.39, 0.29) is 13.2 Å². The van der Waals surface area contributed by atoms with Crippen LogP contribution in [0.3, 0.4) is 0 Å². The number of aliphatic hydroxyl groups excluding tert-OH is 1. The van der Waals surface area contributed by atoms with E-state index >= 15 is 0 Å². The highest BCUT2D eigenvalue weighted by Crippen LogP contribution is 2.27. The van der Waals surface area contributed by atoms with Crippen molar-refractivity contribution in [2.75, 3.05) is 19.8 Å². The highest BCUT2D eigenvalue weighted by molar-refractivity contribution is 5.88. The van der Waals surface area contributed by atoms with Crippen molar-refractivity contribution in [3.05, 3.63) is 71.1 Å². The number of benzene rings is 3. The van der Waals surface area contributed by atoms with Gasteiger partial charge in [0.15, 0.2) is 0 Å². The van der Waals surface area contributed by atoms with E-state index in [1.807, 2.05) is 13.0 Å². The number of hydrogen-bond acceptors (Lipinski definition) is 5. The maximum Gasteiger partial charge on any atom is 0.119 e. The van der Waals surface area contributed by atoms with E-state index in [0.717, 1.165) is 27.8 Å². The van der Waals surface area contributed by atoms with Gasteiger partial charge >= 0.3 is 0 Å². The van der Waals surface area contributed by atoms with E-state index in [1.54, 1.807) is 0 Å². The van der Waals surface area contributed by atoms with E-state index in [4.69, 9.17) is 10.5 Å². The molecule has 3 aromatic carbocycles. The lowest BCUT2D eigenvalue weighted by Crippen LogP contribution is -2.47. The molecule has 0 aromatic heterocycles. The Bertz CT molecular complexity index is 940. The molecule has 5 nitrogen and oxygen atoms in total. The normalized spacial score (nSPS) is 13.2. The monoisotopic (exact) mass is 378 g/mol. The van der Waals surface area contributed by atoms with Gasteiger partial charge < -0.3 is 15.6 Å². The zero-order valence-corrected chi connectivity index (χ0v) is 16.1. The Morgan fingerprint density at radius 3 is 2.36 bits per heavy atom. The number of aryl methyl sites for hydroxylation is 1. The predicted molar refractivity (Wildman–Crippen MR) is 114 cm³/mol. The Morgan fingerprint density at radius 2 is 1.68 bits per heavy atom. The van der Waals surface area contributed by atoms with Gasteiger partial charge in [-0.1, -0.05) is 47.6 Å². The molecule has 5 heteroatoms. The molecule has 3 aromatic rings. The van der Waals surface area contributed by atoms with E-state index in [2.05, 4.69) is 59.8 Å². The summed E-state index contributed by atoms with van der Waals surface area (Å²) in [6.45, 7) is 2.31. The van der Waals surface area contributed by atoms with Crippen LogP contribution in [0.15, 0.2) is 65.8 Å². The molecule has 0 fully saturated rings. The number of aliphatic hydroxyl groups is 1. The fourth-order valence-electron chi connectivity index (χ4n) is 3.25. The van der Waals surface area contributed by atoms with E-state index in [1.165, 1.54) is 5.39 Å². The smallest absolute Gasteiger partial charge is 0.119 e. The lowest BCUT2D eigenvalue weighted by atomic mass is 9.92.